The van der Waals surface area contributed by atoms with Crippen molar-refractivity contribution in [3.05, 3.63) is 0 Å². The summed E-state index contributed by atoms with van der Waals surface area (Å²) in [6.07, 6.45) is 1.30. The van der Waals surface area contributed by atoms with E-state index in [1.165, 1.54) is 13.0 Å². The van der Waals surface area contributed by atoms with Crippen LogP contribution in [0.3, 0.4) is 0 Å². The summed E-state index contributed by atoms with van der Waals surface area (Å²) in [5.74, 6) is 0. The first-order valence-electron chi connectivity index (χ1n) is 3.64. The normalized spacial score (nSPS) is 42.7. The summed E-state index contributed by atoms with van der Waals surface area (Å²) < 4.78 is 0. The Morgan fingerprint density at radius 2 is 2.11 bits per heavy atom. The van der Waals surface area contributed by atoms with Crippen LogP contribution in [0.15, 0.2) is 0 Å². The van der Waals surface area contributed by atoms with Gasteiger partial charge in [-0.05, 0) is 13.0 Å². The van der Waals surface area contributed by atoms with Crippen molar-refractivity contribution in [3.8, 4) is 0 Å². The van der Waals surface area contributed by atoms with Gasteiger partial charge in [-0.2, -0.15) is 0 Å². The van der Waals surface area contributed by atoms with Gasteiger partial charge in [0.2, 0.25) is 0 Å². The summed E-state index contributed by atoms with van der Waals surface area (Å²) in [6, 6.07) is 1.44. The van der Waals surface area contributed by atoms with Crippen LogP contribution in [0, 0.1) is 0 Å². The Bertz CT molecular complexity index is 92.5. The van der Waals surface area contributed by atoms with Crippen LogP contribution >= 0.6 is 0 Å². The predicted octanol–water partition coefficient (Wildman–Crippen LogP) is -1.13. The molecule has 3 nitrogen and oxygen atoms in total. The van der Waals surface area contributed by atoms with Gasteiger partial charge in [-0.1, -0.05) is 0 Å². The van der Waals surface area contributed by atoms with Gasteiger partial charge in [0, 0.05) is 25.3 Å². The van der Waals surface area contributed by atoms with E-state index in [-0.39, 0.29) is 0 Å². The molecule has 2 aliphatic rings. The van der Waals surface area contributed by atoms with Crippen LogP contribution in [0.5, 0.6) is 0 Å². The molecule has 2 rings (SSSR count). The van der Waals surface area contributed by atoms with Crippen molar-refractivity contribution in [3.63, 3.8) is 0 Å². The van der Waals surface area contributed by atoms with E-state index in [9.17, 15) is 0 Å². The van der Waals surface area contributed by atoms with Crippen LogP contribution in [0.25, 0.3) is 0 Å². The van der Waals surface area contributed by atoms with E-state index in [1.54, 1.807) is 0 Å². The van der Waals surface area contributed by atoms with Gasteiger partial charge in [0.1, 0.15) is 0 Å². The minimum Gasteiger partial charge on any atom is -0.311 e. The van der Waals surface area contributed by atoms with Gasteiger partial charge >= 0.3 is 0 Å². The van der Waals surface area contributed by atoms with Crippen molar-refractivity contribution >= 4 is 0 Å². The Balaban J connectivity index is 1.97. The van der Waals surface area contributed by atoms with Gasteiger partial charge in [-0.15, -0.1) is 0 Å². The summed E-state index contributed by atoms with van der Waals surface area (Å²) in [7, 11) is 0. The SMILES string of the molecule is C1CC2NCNCC2N1. The van der Waals surface area contributed by atoms with Crippen LogP contribution in [0.4, 0.5) is 0 Å². The predicted molar refractivity (Wildman–Crippen MR) is 36.2 cm³/mol. The average Bonchev–Trinajstić information content (AvgIpc) is 2.33. The third kappa shape index (κ3) is 0.956. The van der Waals surface area contributed by atoms with Crippen molar-refractivity contribution in [2.75, 3.05) is 19.8 Å². The van der Waals surface area contributed by atoms with Crippen LogP contribution in [0.1, 0.15) is 6.42 Å². The molecule has 0 aromatic carbocycles. The first kappa shape index (κ1) is 5.65. The molecule has 0 saturated carbocycles. The molecular formula is C6H13N3. The fourth-order valence-electron chi connectivity index (χ4n) is 1.66. The molecule has 3 N–H and O–H groups in total. The lowest BCUT2D eigenvalue weighted by atomic mass is 10.1. The quantitative estimate of drug-likeness (QED) is 0.385. The highest BCUT2D eigenvalue weighted by molar-refractivity contribution is 4.92. The molecule has 0 aliphatic carbocycles. The third-order valence-electron chi connectivity index (χ3n) is 2.20. The molecule has 2 aliphatic heterocycles. The van der Waals surface area contributed by atoms with Crippen LogP contribution in [-0.2, 0) is 0 Å². The first-order valence-corrected chi connectivity index (χ1v) is 3.64. The Morgan fingerprint density at radius 1 is 1.11 bits per heavy atom. The highest BCUT2D eigenvalue weighted by Crippen LogP contribution is 2.07. The van der Waals surface area contributed by atoms with Crippen LogP contribution in [-0.4, -0.2) is 31.8 Å². The number of hydrogen-bond donors (Lipinski definition) is 3. The van der Waals surface area contributed by atoms with E-state index in [2.05, 4.69) is 16.0 Å². The van der Waals surface area contributed by atoms with E-state index in [4.69, 9.17) is 0 Å². The highest BCUT2D eigenvalue weighted by atomic mass is 15.2. The third-order valence-corrected chi connectivity index (χ3v) is 2.20. The van der Waals surface area contributed by atoms with Crippen molar-refractivity contribution < 1.29 is 0 Å². The summed E-state index contributed by atoms with van der Waals surface area (Å²) in [5, 5.41) is 10.1. The molecule has 2 unspecified atom stereocenters. The number of hydrogen-bond acceptors (Lipinski definition) is 3. The maximum Gasteiger partial charge on any atom is 0.0457 e. The van der Waals surface area contributed by atoms with Gasteiger partial charge in [0.15, 0.2) is 0 Å². The number of rotatable bonds is 0. The molecular weight excluding hydrogens is 114 g/mol. The maximum absolute atomic E-state index is 3.43. The topological polar surface area (TPSA) is 36.1 Å². The van der Waals surface area contributed by atoms with E-state index in [0.29, 0.717) is 6.04 Å². The zero-order chi connectivity index (χ0) is 6.10. The second kappa shape index (κ2) is 2.25. The van der Waals surface area contributed by atoms with Crippen LogP contribution in [0.2, 0.25) is 0 Å². The molecule has 0 radical (unpaired) electrons. The first-order chi connectivity index (χ1) is 4.47. The molecule has 2 atom stereocenters. The molecule has 52 valence electrons. The zero-order valence-corrected chi connectivity index (χ0v) is 5.48. The lowest BCUT2D eigenvalue weighted by Crippen LogP contribution is -2.55. The van der Waals surface area contributed by atoms with E-state index in [1.807, 2.05) is 0 Å². The minimum atomic E-state index is 0.693. The Kier molecular flexibility index (Phi) is 1.41. The zero-order valence-electron chi connectivity index (χ0n) is 5.48. The van der Waals surface area contributed by atoms with E-state index < -0.39 is 0 Å². The summed E-state index contributed by atoms with van der Waals surface area (Å²) in [4.78, 5) is 0. The molecule has 0 aromatic heterocycles. The fraction of sp³-hybridized carbons (Fsp3) is 1.00. The van der Waals surface area contributed by atoms with Crippen LogP contribution < -0.4 is 16.0 Å². The molecule has 9 heavy (non-hydrogen) atoms. The average molecular weight is 127 g/mol. The van der Waals surface area contributed by atoms with Gasteiger partial charge in [-0.3, -0.25) is 0 Å². The number of nitrogens with one attached hydrogen (secondary N) is 3. The summed E-state index contributed by atoms with van der Waals surface area (Å²) >= 11 is 0. The largest absolute Gasteiger partial charge is 0.311 e. The second-order valence-corrected chi connectivity index (χ2v) is 2.79. The Labute approximate surface area is 55.2 Å². The molecule has 0 aromatic rings. The summed E-state index contributed by atoms with van der Waals surface area (Å²) in [5.41, 5.74) is 0. The molecule has 2 heterocycles. The smallest absolute Gasteiger partial charge is 0.0457 e. The second-order valence-electron chi connectivity index (χ2n) is 2.79. The standard InChI is InChI=1S/C6H13N3/c1-2-8-6-3-7-4-9-5(1)6/h5-9H,1-4H2. The van der Waals surface area contributed by atoms with Gasteiger partial charge < -0.3 is 16.0 Å². The minimum absolute atomic E-state index is 0.693. The maximum atomic E-state index is 3.43. The highest BCUT2D eigenvalue weighted by Gasteiger charge is 2.27. The molecule has 0 spiro atoms. The number of fused-ring (bicyclic) bond motifs is 1. The summed E-state index contributed by atoms with van der Waals surface area (Å²) in [6.45, 7) is 3.31. The van der Waals surface area contributed by atoms with Crippen molar-refractivity contribution in [2.24, 2.45) is 0 Å². The molecule has 0 amide bonds. The lowest BCUT2D eigenvalue weighted by molar-refractivity contribution is 0.357. The Morgan fingerprint density at radius 3 is 3.00 bits per heavy atom. The Hall–Kier alpha value is -0.120. The monoisotopic (exact) mass is 127 g/mol. The van der Waals surface area contributed by atoms with Crippen molar-refractivity contribution in [2.45, 2.75) is 18.5 Å². The van der Waals surface area contributed by atoms with Gasteiger partial charge in [0.25, 0.3) is 0 Å². The van der Waals surface area contributed by atoms with Crippen molar-refractivity contribution in [1.29, 1.82) is 0 Å². The van der Waals surface area contributed by atoms with Gasteiger partial charge in [-0.25, -0.2) is 0 Å². The fourth-order valence-corrected chi connectivity index (χ4v) is 1.66. The molecule has 2 saturated heterocycles. The molecule has 2 fully saturated rings. The molecule has 0 bridgehead atoms. The van der Waals surface area contributed by atoms with E-state index in [0.717, 1.165) is 19.3 Å². The lowest BCUT2D eigenvalue weighted by Gasteiger charge is -2.26. The van der Waals surface area contributed by atoms with Crippen molar-refractivity contribution in [1.82, 2.24) is 16.0 Å². The van der Waals surface area contributed by atoms with Gasteiger partial charge in [0.05, 0.1) is 0 Å². The van der Waals surface area contributed by atoms with E-state index >= 15 is 0 Å². The molecule has 3 heteroatoms.